The topological polar surface area (TPSA) is 103 Å². The van der Waals surface area contributed by atoms with Crippen molar-refractivity contribution in [1.29, 1.82) is 0 Å². The van der Waals surface area contributed by atoms with Crippen LogP contribution < -0.4 is 11.1 Å². The smallest absolute Gasteiger partial charge is 0.250 e. The molecule has 29 heavy (non-hydrogen) atoms. The van der Waals surface area contributed by atoms with Crippen LogP contribution in [-0.4, -0.2) is 32.3 Å². The Labute approximate surface area is 177 Å². The molecule has 0 aliphatic rings. The van der Waals surface area contributed by atoms with Gasteiger partial charge < -0.3 is 15.6 Å². The number of anilines is 1. The number of hydrogen-bond donors (Lipinski definition) is 2. The van der Waals surface area contributed by atoms with E-state index in [0.29, 0.717) is 10.8 Å². The summed E-state index contributed by atoms with van der Waals surface area (Å²) in [6.45, 7) is 7.04. The van der Waals surface area contributed by atoms with Gasteiger partial charge in [-0.2, -0.15) is 0 Å². The van der Waals surface area contributed by atoms with Crippen molar-refractivity contribution in [3.63, 3.8) is 0 Å². The third-order valence-corrected chi connectivity index (χ3v) is 6.47. The van der Waals surface area contributed by atoms with Gasteiger partial charge in [-0.3, -0.25) is 9.59 Å². The van der Waals surface area contributed by atoms with Crippen LogP contribution in [0.3, 0.4) is 0 Å². The number of aryl methyl sites for hydroxylation is 1. The summed E-state index contributed by atoms with van der Waals surface area (Å²) in [6, 6.07) is 6.68. The zero-order chi connectivity index (χ0) is 21.0. The van der Waals surface area contributed by atoms with Crippen LogP contribution in [0.4, 0.5) is 5.69 Å². The minimum atomic E-state index is -0.581. The van der Waals surface area contributed by atoms with E-state index in [4.69, 9.17) is 5.73 Å². The molecule has 3 aromatic rings. The Hall–Kier alpha value is -2.65. The SMILES string of the molecule is CCCn1c(SCC(=O)Nc2ccccc2C(N)=O)nnc1-c1csc(C)c1C. The summed E-state index contributed by atoms with van der Waals surface area (Å²) in [4.78, 5) is 25.2. The van der Waals surface area contributed by atoms with Gasteiger partial charge in [0.1, 0.15) is 0 Å². The van der Waals surface area contributed by atoms with Gasteiger partial charge in [0, 0.05) is 22.4 Å². The summed E-state index contributed by atoms with van der Waals surface area (Å²) in [6.07, 6.45) is 0.930. The van der Waals surface area contributed by atoms with E-state index >= 15 is 0 Å². The van der Waals surface area contributed by atoms with Crippen LogP contribution in [0.25, 0.3) is 11.4 Å². The van der Waals surface area contributed by atoms with Crippen molar-refractivity contribution >= 4 is 40.6 Å². The monoisotopic (exact) mass is 429 g/mol. The van der Waals surface area contributed by atoms with Crippen LogP contribution >= 0.6 is 23.1 Å². The summed E-state index contributed by atoms with van der Waals surface area (Å²) in [5, 5.41) is 14.2. The molecule has 152 valence electrons. The third kappa shape index (κ3) is 4.68. The molecule has 0 unspecified atom stereocenters. The average molecular weight is 430 g/mol. The van der Waals surface area contributed by atoms with Crippen LogP contribution in [0.2, 0.25) is 0 Å². The number of nitrogens with two attached hydrogens (primary N) is 1. The lowest BCUT2D eigenvalue weighted by Gasteiger charge is -2.10. The number of amides is 2. The lowest BCUT2D eigenvalue weighted by Crippen LogP contribution is -2.19. The van der Waals surface area contributed by atoms with Crippen molar-refractivity contribution in [2.24, 2.45) is 5.73 Å². The summed E-state index contributed by atoms with van der Waals surface area (Å²) in [5.41, 5.74) is 8.34. The third-order valence-electron chi connectivity index (χ3n) is 4.49. The highest BCUT2D eigenvalue weighted by Crippen LogP contribution is 2.31. The van der Waals surface area contributed by atoms with Crippen LogP contribution in [0.1, 0.15) is 34.1 Å². The highest BCUT2D eigenvalue weighted by atomic mass is 32.2. The molecule has 2 amide bonds. The minimum Gasteiger partial charge on any atom is -0.366 e. The first-order chi connectivity index (χ1) is 13.9. The number of primary amides is 1. The fraction of sp³-hybridized carbons (Fsp3) is 0.300. The largest absolute Gasteiger partial charge is 0.366 e. The van der Waals surface area contributed by atoms with Gasteiger partial charge in [-0.05, 0) is 38.0 Å². The maximum absolute atomic E-state index is 12.4. The van der Waals surface area contributed by atoms with Gasteiger partial charge >= 0.3 is 0 Å². The van der Waals surface area contributed by atoms with E-state index in [-0.39, 0.29) is 17.2 Å². The van der Waals surface area contributed by atoms with E-state index in [1.807, 2.05) is 0 Å². The Balaban J connectivity index is 1.75. The molecule has 2 aromatic heterocycles. The Bertz CT molecular complexity index is 1040. The van der Waals surface area contributed by atoms with Crippen LogP contribution in [-0.2, 0) is 11.3 Å². The molecule has 3 N–H and O–H groups in total. The fourth-order valence-corrected chi connectivity index (χ4v) is 4.51. The standard InChI is InChI=1S/C20H23N5O2S2/c1-4-9-25-19(15-10-28-13(3)12(15)2)23-24-20(25)29-11-17(26)22-16-8-6-5-7-14(16)18(21)27/h5-8,10H,4,9,11H2,1-3H3,(H2,21,27)(H,22,26). The zero-order valence-corrected chi connectivity index (χ0v) is 18.2. The molecule has 0 bridgehead atoms. The van der Waals surface area contributed by atoms with E-state index < -0.39 is 5.91 Å². The zero-order valence-electron chi connectivity index (χ0n) is 16.6. The molecule has 0 aliphatic carbocycles. The lowest BCUT2D eigenvalue weighted by atomic mass is 10.1. The molecule has 1 aromatic carbocycles. The Kier molecular flexibility index (Phi) is 6.71. The molecule has 0 aliphatic heterocycles. The number of carbonyl (C=O) groups excluding carboxylic acids is 2. The summed E-state index contributed by atoms with van der Waals surface area (Å²) < 4.78 is 2.06. The van der Waals surface area contributed by atoms with E-state index in [0.717, 1.165) is 24.4 Å². The molecule has 0 radical (unpaired) electrons. The number of benzene rings is 1. The van der Waals surface area contributed by atoms with E-state index in [1.165, 1.54) is 22.2 Å². The summed E-state index contributed by atoms with van der Waals surface area (Å²) >= 11 is 3.02. The van der Waals surface area contributed by atoms with Gasteiger partial charge in [0.05, 0.1) is 17.0 Å². The molecule has 9 heteroatoms. The highest BCUT2D eigenvalue weighted by Gasteiger charge is 2.18. The molecule has 0 saturated carbocycles. The molecule has 0 atom stereocenters. The lowest BCUT2D eigenvalue weighted by molar-refractivity contribution is -0.113. The van der Waals surface area contributed by atoms with Crippen LogP contribution in [0.15, 0.2) is 34.8 Å². The number of hydrogen-bond acceptors (Lipinski definition) is 6. The van der Waals surface area contributed by atoms with Gasteiger partial charge in [0.25, 0.3) is 5.91 Å². The molecule has 0 spiro atoms. The van der Waals surface area contributed by atoms with Gasteiger partial charge in [-0.15, -0.1) is 21.5 Å². The first-order valence-corrected chi connectivity index (χ1v) is 11.1. The molecule has 0 fully saturated rings. The number of nitrogens with zero attached hydrogens (tertiary/aromatic N) is 3. The first-order valence-electron chi connectivity index (χ1n) is 9.22. The van der Waals surface area contributed by atoms with Crippen LogP contribution in [0.5, 0.6) is 0 Å². The van der Waals surface area contributed by atoms with Gasteiger partial charge in [0.15, 0.2) is 11.0 Å². The number of aromatic nitrogens is 3. The number of thioether (sulfide) groups is 1. The molecule has 0 saturated heterocycles. The second-order valence-electron chi connectivity index (χ2n) is 6.54. The van der Waals surface area contributed by atoms with Crippen molar-refractivity contribution in [3.8, 4) is 11.4 Å². The van der Waals surface area contributed by atoms with Crippen molar-refractivity contribution in [3.05, 3.63) is 45.6 Å². The minimum absolute atomic E-state index is 0.149. The number of rotatable bonds is 8. The Morgan fingerprint density at radius 2 is 2.00 bits per heavy atom. The normalized spacial score (nSPS) is 10.9. The van der Waals surface area contributed by atoms with E-state index in [9.17, 15) is 9.59 Å². The highest BCUT2D eigenvalue weighted by molar-refractivity contribution is 7.99. The van der Waals surface area contributed by atoms with Crippen molar-refractivity contribution in [2.45, 2.75) is 38.9 Å². The quantitative estimate of drug-likeness (QED) is 0.529. The second-order valence-corrected chi connectivity index (χ2v) is 8.56. The van der Waals surface area contributed by atoms with Crippen molar-refractivity contribution in [1.82, 2.24) is 14.8 Å². The predicted molar refractivity (Wildman–Crippen MR) is 117 cm³/mol. The van der Waals surface area contributed by atoms with Gasteiger partial charge in [-0.25, -0.2) is 0 Å². The van der Waals surface area contributed by atoms with Crippen molar-refractivity contribution < 1.29 is 9.59 Å². The number of nitrogens with one attached hydrogen (secondary N) is 1. The molecule has 3 rings (SSSR count). The van der Waals surface area contributed by atoms with E-state index in [2.05, 4.69) is 46.2 Å². The van der Waals surface area contributed by atoms with Crippen molar-refractivity contribution in [2.75, 3.05) is 11.1 Å². The fourth-order valence-electron chi connectivity index (χ4n) is 2.88. The average Bonchev–Trinajstić information content (AvgIpc) is 3.24. The molecular formula is C20H23N5O2S2. The van der Waals surface area contributed by atoms with Gasteiger partial charge in [0.2, 0.25) is 5.91 Å². The maximum Gasteiger partial charge on any atom is 0.250 e. The van der Waals surface area contributed by atoms with Crippen LogP contribution in [0, 0.1) is 13.8 Å². The second kappa shape index (κ2) is 9.23. The van der Waals surface area contributed by atoms with E-state index in [1.54, 1.807) is 35.6 Å². The Morgan fingerprint density at radius 3 is 2.66 bits per heavy atom. The summed E-state index contributed by atoms with van der Waals surface area (Å²) in [7, 11) is 0. The maximum atomic E-state index is 12.4. The summed E-state index contributed by atoms with van der Waals surface area (Å²) in [5.74, 6) is 0.160. The Morgan fingerprint density at radius 1 is 1.24 bits per heavy atom. The first kappa shape index (κ1) is 21.1. The number of thiophene rings is 1. The number of carbonyl (C=O) groups is 2. The molecular weight excluding hydrogens is 406 g/mol. The van der Waals surface area contributed by atoms with Gasteiger partial charge in [-0.1, -0.05) is 30.8 Å². The predicted octanol–water partition coefficient (Wildman–Crippen LogP) is 3.86. The number of para-hydroxylation sites is 1. The molecule has 7 nitrogen and oxygen atoms in total. The molecule has 2 heterocycles.